The van der Waals surface area contributed by atoms with E-state index in [0.717, 1.165) is 6.54 Å². The maximum Gasteiger partial charge on any atom is 0.0123 e. The highest BCUT2D eigenvalue weighted by Crippen LogP contribution is 1.95. The normalized spacial score (nSPS) is 14.1. The molecular weight excluding hydrogens is 88.1 g/mol. The van der Waals surface area contributed by atoms with Gasteiger partial charge in [-0.1, -0.05) is 20.3 Å². The van der Waals surface area contributed by atoms with Crippen molar-refractivity contribution in [3.05, 3.63) is 0 Å². The first-order valence-corrected chi connectivity index (χ1v) is 2.74. The maximum absolute atomic E-state index is 5.06. The van der Waals surface area contributed by atoms with Crippen LogP contribution in [0.5, 0.6) is 0 Å². The molecule has 0 saturated heterocycles. The predicted molar refractivity (Wildman–Crippen MR) is 31.6 cm³/mol. The molecule has 3 N–H and O–H groups in total. The summed E-state index contributed by atoms with van der Waals surface area (Å²) in [5.74, 6) is 5.77. The van der Waals surface area contributed by atoms with Crippen molar-refractivity contribution in [3.63, 3.8) is 0 Å². The van der Waals surface area contributed by atoms with Gasteiger partial charge in [0.25, 0.3) is 0 Å². The lowest BCUT2D eigenvalue weighted by Crippen LogP contribution is -2.27. The predicted octanol–water partition coefficient (Wildman–Crippen LogP) is 0.496. The van der Waals surface area contributed by atoms with Crippen molar-refractivity contribution in [2.45, 2.75) is 20.3 Å². The Morgan fingerprint density at radius 3 is 2.43 bits per heavy atom. The summed E-state index contributed by atoms with van der Waals surface area (Å²) in [6.07, 6.45) is 1.20. The van der Waals surface area contributed by atoms with E-state index in [1.54, 1.807) is 0 Å². The van der Waals surface area contributed by atoms with Gasteiger partial charge in [0.05, 0.1) is 0 Å². The largest absolute Gasteiger partial charge is 0.271 e. The molecule has 0 aromatic carbocycles. The van der Waals surface area contributed by atoms with Gasteiger partial charge in [-0.3, -0.25) is 11.3 Å². The second-order valence-corrected chi connectivity index (χ2v) is 1.92. The zero-order valence-electron chi connectivity index (χ0n) is 5.07. The molecule has 0 aromatic rings. The average Bonchev–Trinajstić information content (AvgIpc) is 1.68. The summed E-state index contributed by atoms with van der Waals surface area (Å²) in [6, 6.07) is 0. The van der Waals surface area contributed by atoms with Gasteiger partial charge in [-0.15, -0.1) is 0 Å². The van der Waals surface area contributed by atoms with E-state index in [2.05, 4.69) is 19.3 Å². The molecule has 7 heavy (non-hydrogen) atoms. The lowest BCUT2D eigenvalue weighted by molar-refractivity contribution is 0.510. The van der Waals surface area contributed by atoms with E-state index >= 15 is 0 Å². The molecule has 0 radical (unpaired) electrons. The molecule has 0 aliphatic rings. The summed E-state index contributed by atoms with van der Waals surface area (Å²) >= 11 is 0. The van der Waals surface area contributed by atoms with E-state index in [4.69, 9.17) is 5.84 Å². The Morgan fingerprint density at radius 1 is 1.71 bits per heavy atom. The van der Waals surface area contributed by atoms with Crippen LogP contribution in [0.1, 0.15) is 20.3 Å². The van der Waals surface area contributed by atoms with E-state index in [1.807, 2.05) is 0 Å². The van der Waals surface area contributed by atoms with Gasteiger partial charge < -0.3 is 0 Å². The van der Waals surface area contributed by atoms with Crippen molar-refractivity contribution in [3.8, 4) is 0 Å². The van der Waals surface area contributed by atoms with Crippen LogP contribution in [-0.2, 0) is 0 Å². The Hall–Kier alpha value is -0.0800. The van der Waals surface area contributed by atoms with Crippen LogP contribution in [-0.4, -0.2) is 6.54 Å². The van der Waals surface area contributed by atoms with Gasteiger partial charge >= 0.3 is 0 Å². The molecule has 0 heterocycles. The zero-order chi connectivity index (χ0) is 5.70. The lowest BCUT2D eigenvalue weighted by Gasteiger charge is -2.03. The van der Waals surface area contributed by atoms with Gasteiger partial charge in [0.1, 0.15) is 0 Å². The molecule has 0 amide bonds. The summed E-state index contributed by atoms with van der Waals surface area (Å²) in [4.78, 5) is 0. The van der Waals surface area contributed by atoms with E-state index in [9.17, 15) is 0 Å². The van der Waals surface area contributed by atoms with Gasteiger partial charge in [0.15, 0.2) is 0 Å². The smallest absolute Gasteiger partial charge is 0.0123 e. The molecular formula is C5H14N2. The van der Waals surface area contributed by atoms with E-state index in [1.165, 1.54) is 6.42 Å². The summed E-state index contributed by atoms with van der Waals surface area (Å²) in [6.45, 7) is 5.25. The van der Waals surface area contributed by atoms with E-state index in [0.29, 0.717) is 5.92 Å². The molecule has 0 bridgehead atoms. The van der Waals surface area contributed by atoms with Crippen LogP contribution in [0, 0.1) is 5.92 Å². The summed E-state index contributed by atoms with van der Waals surface area (Å²) in [7, 11) is 0. The SMILES string of the molecule is CC[C@@H](C)CNN. The summed E-state index contributed by atoms with van der Waals surface area (Å²) < 4.78 is 0. The van der Waals surface area contributed by atoms with Gasteiger partial charge in [0.2, 0.25) is 0 Å². The fourth-order valence-corrected chi connectivity index (χ4v) is 0.346. The molecule has 0 fully saturated rings. The van der Waals surface area contributed by atoms with Crippen LogP contribution in [0.3, 0.4) is 0 Å². The number of hydrazine groups is 1. The third kappa shape index (κ3) is 3.76. The number of hydrogen-bond acceptors (Lipinski definition) is 2. The molecule has 0 aliphatic carbocycles. The van der Waals surface area contributed by atoms with Crippen LogP contribution in [0.4, 0.5) is 0 Å². The molecule has 0 spiro atoms. The first kappa shape index (κ1) is 6.92. The quantitative estimate of drug-likeness (QED) is 0.402. The standard InChI is InChI=1S/C5H14N2/c1-3-5(2)4-7-6/h5,7H,3-4,6H2,1-2H3/t5-/m1/s1. The topological polar surface area (TPSA) is 38.0 Å². The monoisotopic (exact) mass is 102 g/mol. The fraction of sp³-hybridized carbons (Fsp3) is 1.00. The van der Waals surface area contributed by atoms with Crippen LogP contribution in [0.2, 0.25) is 0 Å². The minimum Gasteiger partial charge on any atom is -0.271 e. The van der Waals surface area contributed by atoms with Gasteiger partial charge in [-0.25, -0.2) is 0 Å². The van der Waals surface area contributed by atoms with Crippen molar-refractivity contribution in [1.29, 1.82) is 0 Å². The second-order valence-electron chi connectivity index (χ2n) is 1.92. The van der Waals surface area contributed by atoms with E-state index in [-0.39, 0.29) is 0 Å². The van der Waals surface area contributed by atoms with Gasteiger partial charge in [-0.2, -0.15) is 0 Å². The van der Waals surface area contributed by atoms with Crippen molar-refractivity contribution < 1.29 is 0 Å². The molecule has 2 heteroatoms. The Bertz CT molecular complexity index is 37.1. The van der Waals surface area contributed by atoms with E-state index < -0.39 is 0 Å². The van der Waals surface area contributed by atoms with Crippen molar-refractivity contribution in [1.82, 2.24) is 5.43 Å². The zero-order valence-corrected chi connectivity index (χ0v) is 5.07. The van der Waals surface area contributed by atoms with Crippen LogP contribution >= 0.6 is 0 Å². The third-order valence-electron chi connectivity index (χ3n) is 1.16. The van der Waals surface area contributed by atoms with Gasteiger partial charge in [-0.05, 0) is 5.92 Å². The Balaban J connectivity index is 2.83. The first-order chi connectivity index (χ1) is 3.31. The minimum absolute atomic E-state index is 0.713. The van der Waals surface area contributed by atoms with Crippen molar-refractivity contribution >= 4 is 0 Å². The maximum atomic E-state index is 5.06. The summed E-state index contributed by atoms with van der Waals surface area (Å²) in [5, 5.41) is 0. The molecule has 44 valence electrons. The van der Waals surface area contributed by atoms with Crippen LogP contribution in [0.25, 0.3) is 0 Å². The molecule has 0 aliphatic heterocycles. The van der Waals surface area contributed by atoms with Gasteiger partial charge in [0, 0.05) is 6.54 Å². The molecule has 2 nitrogen and oxygen atoms in total. The highest BCUT2D eigenvalue weighted by molar-refractivity contribution is 4.48. The number of nitrogens with one attached hydrogen (secondary N) is 1. The Morgan fingerprint density at radius 2 is 2.29 bits per heavy atom. The number of rotatable bonds is 3. The highest BCUT2D eigenvalue weighted by Gasteiger charge is 1.92. The second kappa shape index (κ2) is 4.09. The lowest BCUT2D eigenvalue weighted by atomic mass is 10.1. The first-order valence-electron chi connectivity index (χ1n) is 2.74. The third-order valence-corrected chi connectivity index (χ3v) is 1.16. The van der Waals surface area contributed by atoms with Crippen LogP contribution in [0.15, 0.2) is 0 Å². The van der Waals surface area contributed by atoms with Crippen molar-refractivity contribution in [2.24, 2.45) is 11.8 Å². The highest BCUT2D eigenvalue weighted by atomic mass is 15.2. The average molecular weight is 102 g/mol. The Labute approximate surface area is 45.1 Å². The number of nitrogens with two attached hydrogens (primary N) is 1. The van der Waals surface area contributed by atoms with Crippen molar-refractivity contribution in [2.75, 3.05) is 6.54 Å². The molecule has 0 unspecified atom stereocenters. The molecule has 0 aromatic heterocycles. The molecule has 1 atom stereocenters. The Kier molecular flexibility index (Phi) is 4.04. The minimum atomic E-state index is 0.713. The molecule has 0 saturated carbocycles. The summed E-state index contributed by atoms with van der Waals surface area (Å²) in [5.41, 5.74) is 2.62. The number of hydrogen-bond donors (Lipinski definition) is 2. The fourth-order valence-electron chi connectivity index (χ4n) is 0.346. The molecule has 0 rings (SSSR count). The van der Waals surface area contributed by atoms with Crippen LogP contribution < -0.4 is 11.3 Å².